The van der Waals surface area contributed by atoms with Crippen molar-refractivity contribution in [1.29, 1.82) is 0 Å². The molecule has 0 saturated carbocycles. The highest BCUT2D eigenvalue weighted by molar-refractivity contribution is 7.92. The zero-order valence-corrected chi connectivity index (χ0v) is 16.2. The predicted octanol–water partition coefficient (Wildman–Crippen LogP) is 2.56. The number of hydrogen-bond donors (Lipinski definition) is 1. The van der Waals surface area contributed by atoms with Crippen molar-refractivity contribution in [3.8, 4) is 5.75 Å². The first-order valence-corrected chi connectivity index (χ1v) is 10.1. The van der Waals surface area contributed by atoms with E-state index < -0.39 is 10.0 Å². The number of likely N-dealkylation sites (N-methyl/N-ethyl adjacent to an activating group) is 1. The Morgan fingerprint density at radius 2 is 1.65 bits per heavy atom. The third-order valence-corrected chi connectivity index (χ3v) is 6.00. The normalized spacial score (nSPS) is 15.7. The number of nitrogens with one attached hydrogen (secondary N) is 1. The standard InChI is InChI=1S/C19H25N3O3S/c1-15-4-9-18(25-3)19(14-15)26(23,24)20-16-5-7-17(8-6-16)22-12-10-21(2)11-13-22/h4-9,14,20H,10-13H2,1-3H3. The molecule has 6 nitrogen and oxygen atoms in total. The van der Waals surface area contributed by atoms with Crippen molar-refractivity contribution in [3.63, 3.8) is 0 Å². The van der Waals surface area contributed by atoms with Crippen LogP contribution in [0.25, 0.3) is 0 Å². The number of methoxy groups -OCH3 is 1. The largest absolute Gasteiger partial charge is 0.495 e. The number of piperazine rings is 1. The second-order valence-corrected chi connectivity index (χ2v) is 8.25. The second-order valence-electron chi connectivity index (χ2n) is 6.60. The van der Waals surface area contributed by atoms with Gasteiger partial charge in [-0.25, -0.2) is 8.42 Å². The molecule has 0 atom stereocenters. The zero-order chi connectivity index (χ0) is 18.7. The van der Waals surface area contributed by atoms with Gasteiger partial charge < -0.3 is 14.5 Å². The first-order chi connectivity index (χ1) is 12.4. The van der Waals surface area contributed by atoms with Crippen molar-refractivity contribution in [2.45, 2.75) is 11.8 Å². The summed E-state index contributed by atoms with van der Waals surface area (Å²) in [5.74, 6) is 0.331. The van der Waals surface area contributed by atoms with Crippen molar-refractivity contribution < 1.29 is 13.2 Å². The fourth-order valence-electron chi connectivity index (χ4n) is 3.01. The Balaban J connectivity index is 1.77. The lowest BCUT2D eigenvalue weighted by Gasteiger charge is -2.34. The van der Waals surface area contributed by atoms with E-state index in [1.807, 2.05) is 25.1 Å². The number of ether oxygens (including phenoxy) is 1. The first kappa shape index (κ1) is 18.5. The van der Waals surface area contributed by atoms with E-state index in [2.05, 4.69) is 21.6 Å². The Morgan fingerprint density at radius 1 is 1.00 bits per heavy atom. The number of anilines is 2. The van der Waals surface area contributed by atoms with Gasteiger partial charge in [-0.2, -0.15) is 0 Å². The Labute approximate surface area is 155 Å². The van der Waals surface area contributed by atoms with Crippen molar-refractivity contribution in [2.75, 3.05) is 50.0 Å². The zero-order valence-electron chi connectivity index (χ0n) is 15.4. The predicted molar refractivity (Wildman–Crippen MR) is 105 cm³/mol. The molecule has 0 unspecified atom stereocenters. The molecular weight excluding hydrogens is 350 g/mol. The third kappa shape index (κ3) is 4.11. The maximum Gasteiger partial charge on any atom is 0.265 e. The molecule has 0 radical (unpaired) electrons. The van der Waals surface area contributed by atoms with Crippen LogP contribution in [0, 0.1) is 6.92 Å². The van der Waals surface area contributed by atoms with Crippen LogP contribution in [-0.2, 0) is 10.0 Å². The smallest absolute Gasteiger partial charge is 0.265 e. The molecule has 1 aliphatic heterocycles. The van der Waals surface area contributed by atoms with Gasteiger partial charge in [0.05, 0.1) is 7.11 Å². The van der Waals surface area contributed by atoms with Crippen LogP contribution < -0.4 is 14.4 Å². The van der Waals surface area contributed by atoms with E-state index in [1.54, 1.807) is 24.3 Å². The molecule has 0 aromatic heterocycles. The van der Waals surface area contributed by atoms with Crippen molar-refractivity contribution in [3.05, 3.63) is 48.0 Å². The number of benzene rings is 2. The molecule has 1 saturated heterocycles. The Bertz CT molecular complexity index is 858. The fourth-order valence-corrected chi connectivity index (χ4v) is 4.32. The summed E-state index contributed by atoms with van der Waals surface area (Å²) in [5, 5.41) is 0. The van der Waals surface area contributed by atoms with Crippen LogP contribution in [0.5, 0.6) is 5.75 Å². The molecule has 26 heavy (non-hydrogen) atoms. The van der Waals surface area contributed by atoms with Gasteiger partial charge in [-0.1, -0.05) is 6.07 Å². The van der Waals surface area contributed by atoms with Gasteiger partial charge in [-0.3, -0.25) is 4.72 Å². The second kappa shape index (κ2) is 7.55. The van der Waals surface area contributed by atoms with E-state index in [9.17, 15) is 8.42 Å². The molecule has 0 bridgehead atoms. The molecule has 0 spiro atoms. The minimum atomic E-state index is -3.72. The molecule has 3 rings (SSSR count). The van der Waals surface area contributed by atoms with Crippen LogP contribution in [0.4, 0.5) is 11.4 Å². The van der Waals surface area contributed by atoms with Crippen molar-refractivity contribution in [2.24, 2.45) is 0 Å². The monoisotopic (exact) mass is 375 g/mol. The van der Waals surface area contributed by atoms with Gasteiger partial charge in [0.15, 0.2) is 0 Å². The van der Waals surface area contributed by atoms with Crippen LogP contribution >= 0.6 is 0 Å². The minimum Gasteiger partial charge on any atom is -0.495 e. The first-order valence-electron chi connectivity index (χ1n) is 8.60. The van der Waals surface area contributed by atoms with E-state index in [4.69, 9.17) is 4.74 Å². The summed E-state index contributed by atoms with van der Waals surface area (Å²) in [5.41, 5.74) is 2.50. The summed E-state index contributed by atoms with van der Waals surface area (Å²) in [7, 11) is -0.132. The molecule has 1 aliphatic rings. The molecule has 2 aromatic rings. The maximum absolute atomic E-state index is 12.7. The van der Waals surface area contributed by atoms with E-state index in [0.717, 1.165) is 37.4 Å². The lowest BCUT2D eigenvalue weighted by atomic mass is 10.2. The average Bonchev–Trinajstić information content (AvgIpc) is 2.63. The van der Waals surface area contributed by atoms with Gasteiger partial charge in [-0.05, 0) is 55.9 Å². The summed E-state index contributed by atoms with van der Waals surface area (Å²) < 4.78 is 33.3. The van der Waals surface area contributed by atoms with E-state index in [0.29, 0.717) is 11.4 Å². The van der Waals surface area contributed by atoms with Gasteiger partial charge in [0, 0.05) is 37.6 Å². The van der Waals surface area contributed by atoms with Gasteiger partial charge in [0.1, 0.15) is 10.6 Å². The highest BCUT2D eigenvalue weighted by Gasteiger charge is 2.20. The van der Waals surface area contributed by atoms with Crippen molar-refractivity contribution in [1.82, 2.24) is 4.90 Å². The van der Waals surface area contributed by atoms with E-state index in [1.165, 1.54) is 7.11 Å². The van der Waals surface area contributed by atoms with Crippen LogP contribution in [-0.4, -0.2) is 53.7 Å². The van der Waals surface area contributed by atoms with Gasteiger partial charge in [0.2, 0.25) is 0 Å². The average molecular weight is 375 g/mol. The highest BCUT2D eigenvalue weighted by atomic mass is 32.2. The Morgan fingerprint density at radius 3 is 2.27 bits per heavy atom. The van der Waals surface area contributed by atoms with Gasteiger partial charge >= 0.3 is 0 Å². The fraction of sp³-hybridized carbons (Fsp3) is 0.368. The topological polar surface area (TPSA) is 61.9 Å². The molecule has 7 heteroatoms. The molecule has 2 aromatic carbocycles. The quantitative estimate of drug-likeness (QED) is 0.870. The lowest BCUT2D eigenvalue weighted by molar-refractivity contribution is 0.313. The van der Waals surface area contributed by atoms with E-state index >= 15 is 0 Å². The summed E-state index contributed by atoms with van der Waals surface area (Å²) in [6.45, 7) is 5.86. The van der Waals surface area contributed by atoms with Crippen LogP contribution in [0.2, 0.25) is 0 Å². The number of rotatable bonds is 5. The molecule has 0 amide bonds. The minimum absolute atomic E-state index is 0.142. The van der Waals surface area contributed by atoms with Gasteiger partial charge in [-0.15, -0.1) is 0 Å². The lowest BCUT2D eigenvalue weighted by Crippen LogP contribution is -2.44. The molecule has 1 N–H and O–H groups in total. The molecular formula is C19H25N3O3S. The summed E-state index contributed by atoms with van der Waals surface area (Å²) in [6.07, 6.45) is 0. The Kier molecular flexibility index (Phi) is 5.38. The van der Waals surface area contributed by atoms with E-state index in [-0.39, 0.29) is 4.90 Å². The number of aryl methyl sites for hydroxylation is 1. The molecule has 1 fully saturated rings. The number of sulfonamides is 1. The summed E-state index contributed by atoms with van der Waals surface area (Å²) in [4.78, 5) is 4.75. The third-order valence-electron chi connectivity index (χ3n) is 4.60. The Hall–Kier alpha value is -2.25. The molecule has 0 aliphatic carbocycles. The van der Waals surface area contributed by atoms with Gasteiger partial charge in [0.25, 0.3) is 10.0 Å². The SMILES string of the molecule is COc1ccc(C)cc1S(=O)(=O)Nc1ccc(N2CCN(C)CC2)cc1. The number of hydrogen-bond acceptors (Lipinski definition) is 5. The number of nitrogens with zero attached hydrogens (tertiary/aromatic N) is 2. The summed E-state index contributed by atoms with van der Waals surface area (Å²) >= 11 is 0. The molecule has 140 valence electrons. The molecule has 1 heterocycles. The maximum atomic E-state index is 12.7. The van der Waals surface area contributed by atoms with Crippen LogP contribution in [0.1, 0.15) is 5.56 Å². The van der Waals surface area contributed by atoms with Crippen LogP contribution in [0.3, 0.4) is 0 Å². The van der Waals surface area contributed by atoms with Crippen LogP contribution in [0.15, 0.2) is 47.4 Å². The highest BCUT2D eigenvalue weighted by Crippen LogP contribution is 2.27. The summed E-state index contributed by atoms with van der Waals surface area (Å²) in [6, 6.07) is 12.6. The van der Waals surface area contributed by atoms with Crippen molar-refractivity contribution >= 4 is 21.4 Å².